The quantitative estimate of drug-likeness (QED) is 0.801. The number of hydrogen-bond donors (Lipinski definition) is 1. The third-order valence-electron chi connectivity index (χ3n) is 3.27. The second-order valence-electron chi connectivity index (χ2n) is 5.08. The van der Waals surface area contributed by atoms with Gasteiger partial charge in [0.05, 0.1) is 0 Å². The Labute approximate surface area is 122 Å². The molecule has 1 aromatic heterocycles. The molecule has 6 heteroatoms. The third kappa shape index (κ3) is 4.18. The van der Waals surface area contributed by atoms with Crippen molar-refractivity contribution in [1.82, 2.24) is 9.29 Å². The second kappa shape index (κ2) is 7.59. The van der Waals surface area contributed by atoms with Gasteiger partial charge in [-0.2, -0.15) is 0 Å². The van der Waals surface area contributed by atoms with E-state index in [0.29, 0.717) is 24.8 Å². The molecule has 0 aromatic carbocycles. The molecule has 0 spiro atoms. The lowest BCUT2D eigenvalue weighted by molar-refractivity contribution is 0.393. The van der Waals surface area contributed by atoms with Gasteiger partial charge in [0, 0.05) is 26.3 Å². The molecular formula is C14H25N3O2S. The second-order valence-corrected chi connectivity index (χ2v) is 7.09. The van der Waals surface area contributed by atoms with Crippen LogP contribution in [-0.2, 0) is 10.0 Å². The van der Waals surface area contributed by atoms with Crippen molar-refractivity contribution in [1.29, 1.82) is 0 Å². The topological polar surface area (TPSA) is 62.3 Å². The summed E-state index contributed by atoms with van der Waals surface area (Å²) >= 11 is 0. The van der Waals surface area contributed by atoms with Crippen molar-refractivity contribution in [3.05, 3.63) is 18.3 Å². The summed E-state index contributed by atoms with van der Waals surface area (Å²) in [6, 6.07) is 3.26. The molecule has 0 saturated heterocycles. The Kier molecular flexibility index (Phi) is 6.42. The normalized spacial score (nSPS) is 13.4. The molecule has 1 atom stereocenters. The minimum atomic E-state index is -3.50. The molecule has 0 amide bonds. The van der Waals surface area contributed by atoms with Crippen LogP contribution in [0.5, 0.6) is 0 Å². The highest BCUT2D eigenvalue weighted by atomic mass is 32.2. The largest absolute Gasteiger partial charge is 0.369 e. The van der Waals surface area contributed by atoms with Crippen LogP contribution in [0.3, 0.4) is 0 Å². The van der Waals surface area contributed by atoms with Crippen molar-refractivity contribution in [2.75, 3.05) is 25.5 Å². The zero-order valence-corrected chi connectivity index (χ0v) is 13.6. The zero-order chi connectivity index (χ0) is 15.2. The summed E-state index contributed by atoms with van der Waals surface area (Å²) in [5.74, 6) is 0.767. The Bertz CT molecular complexity index is 517. The Morgan fingerprint density at radius 1 is 1.40 bits per heavy atom. The van der Waals surface area contributed by atoms with Gasteiger partial charge in [0.1, 0.15) is 10.7 Å². The molecule has 1 aromatic rings. The fourth-order valence-electron chi connectivity index (χ4n) is 1.81. The SMILES string of the molecule is CCCNc1ncccc1S(=O)(=O)N(C)CC(C)CC. The van der Waals surface area contributed by atoms with Gasteiger partial charge in [0.25, 0.3) is 0 Å². The highest BCUT2D eigenvalue weighted by molar-refractivity contribution is 7.89. The summed E-state index contributed by atoms with van der Waals surface area (Å²) in [5.41, 5.74) is 0. The highest BCUT2D eigenvalue weighted by Crippen LogP contribution is 2.22. The van der Waals surface area contributed by atoms with E-state index in [9.17, 15) is 8.42 Å². The summed E-state index contributed by atoms with van der Waals surface area (Å²) in [7, 11) is -1.87. The molecule has 114 valence electrons. The Morgan fingerprint density at radius 3 is 2.70 bits per heavy atom. The van der Waals surface area contributed by atoms with Gasteiger partial charge in [0.2, 0.25) is 10.0 Å². The fraction of sp³-hybridized carbons (Fsp3) is 0.643. The van der Waals surface area contributed by atoms with E-state index in [1.54, 1.807) is 25.4 Å². The molecule has 20 heavy (non-hydrogen) atoms. The van der Waals surface area contributed by atoms with E-state index in [-0.39, 0.29) is 4.90 Å². The van der Waals surface area contributed by atoms with Crippen LogP contribution in [0.15, 0.2) is 23.2 Å². The van der Waals surface area contributed by atoms with Crippen LogP contribution < -0.4 is 5.32 Å². The minimum absolute atomic E-state index is 0.249. The van der Waals surface area contributed by atoms with Crippen LogP contribution in [0.1, 0.15) is 33.6 Å². The van der Waals surface area contributed by atoms with E-state index in [2.05, 4.69) is 17.2 Å². The molecule has 1 heterocycles. The van der Waals surface area contributed by atoms with Crippen molar-refractivity contribution < 1.29 is 8.42 Å². The molecule has 0 aliphatic heterocycles. The van der Waals surface area contributed by atoms with Crippen LogP contribution in [0.4, 0.5) is 5.82 Å². The van der Waals surface area contributed by atoms with Crippen molar-refractivity contribution in [2.45, 2.75) is 38.5 Å². The average Bonchev–Trinajstić information content (AvgIpc) is 2.45. The number of rotatable bonds is 8. The Balaban J connectivity index is 3.02. The summed E-state index contributed by atoms with van der Waals surface area (Å²) in [4.78, 5) is 4.40. The molecule has 0 bridgehead atoms. The lowest BCUT2D eigenvalue weighted by Gasteiger charge is -2.21. The maximum Gasteiger partial charge on any atom is 0.246 e. The number of hydrogen-bond acceptors (Lipinski definition) is 4. The van der Waals surface area contributed by atoms with E-state index in [1.165, 1.54) is 4.31 Å². The van der Waals surface area contributed by atoms with Gasteiger partial charge in [-0.25, -0.2) is 17.7 Å². The van der Waals surface area contributed by atoms with Gasteiger partial charge in [-0.1, -0.05) is 27.2 Å². The summed E-state index contributed by atoms with van der Waals surface area (Å²) in [6.45, 7) is 7.35. The number of nitrogens with zero attached hydrogens (tertiary/aromatic N) is 2. The molecule has 1 rings (SSSR count). The maximum absolute atomic E-state index is 12.6. The van der Waals surface area contributed by atoms with E-state index in [1.807, 2.05) is 13.8 Å². The molecule has 0 aliphatic carbocycles. The van der Waals surface area contributed by atoms with E-state index >= 15 is 0 Å². The van der Waals surface area contributed by atoms with Crippen LogP contribution in [-0.4, -0.2) is 37.8 Å². The van der Waals surface area contributed by atoms with Crippen molar-refractivity contribution in [2.24, 2.45) is 5.92 Å². The molecular weight excluding hydrogens is 274 g/mol. The first-order chi connectivity index (χ1) is 9.43. The predicted molar refractivity (Wildman–Crippen MR) is 82.3 cm³/mol. The number of sulfonamides is 1. The van der Waals surface area contributed by atoms with Gasteiger partial charge >= 0.3 is 0 Å². The standard InChI is InChI=1S/C14H25N3O2S/c1-5-9-15-14-13(8-7-10-16-14)20(18,19)17(4)11-12(3)6-2/h7-8,10,12H,5-6,9,11H2,1-4H3,(H,15,16). The average molecular weight is 299 g/mol. The monoisotopic (exact) mass is 299 g/mol. The maximum atomic E-state index is 12.6. The van der Waals surface area contributed by atoms with Crippen LogP contribution in [0.2, 0.25) is 0 Å². The molecule has 0 fully saturated rings. The van der Waals surface area contributed by atoms with Gasteiger partial charge in [-0.3, -0.25) is 0 Å². The van der Waals surface area contributed by atoms with E-state index in [4.69, 9.17) is 0 Å². The number of aromatic nitrogens is 1. The van der Waals surface area contributed by atoms with Crippen molar-refractivity contribution >= 4 is 15.8 Å². The fourth-order valence-corrected chi connectivity index (χ4v) is 3.22. The van der Waals surface area contributed by atoms with Gasteiger partial charge in [-0.05, 0) is 24.5 Å². The van der Waals surface area contributed by atoms with Crippen molar-refractivity contribution in [3.8, 4) is 0 Å². The summed E-state index contributed by atoms with van der Waals surface area (Å²) < 4.78 is 26.6. The van der Waals surface area contributed by atoms with Gasteiger partial charge in [0.15, 0.2) is 0 Å². The van der Waals surface area contributed by atoms with Gasteiger partial charge < -0.3 is 5.32 Å². The first-order valence-corrected chi connectivity index (χ1v) is 8.52. The minimum Gasteiger partial charge on any atom is -0.369 e. The smallest absolute Gasteiger partial charge is 0.246 e. The molecule has 1 unspecified atom stereocenters. The lowest BCUT2D eigenvalue weighted by Crippen LogP contribution is -2.31. The summed E-state index contributed by atoms with van der Waals surface area (Å²) in [5, 5.41) is 3.07. The first-order valence-electron chi connectivity index (χ1n) is 7.08. The Morgan fingerprint density at radius 2 is 2.10 bits per heavy atom. The zero-order valence-electron chi connectivity index (χ0n) is 12.8. The number of anilines is 1. The first kappa shape index (κ1) is 16.9. The Hall–Kier alpha value is -1.14. The summed E-state index contributed by atoms with van der Waals surface area (Å²) in [6.07, 6.45) is 3.47. The molecule has 0 saturated carbocycles. The van der Waals surface area contributed by atoms with Crippen molar-refractivity contribution in [3.63, 3.8) is 0 Å². The highest BCUT2D eigenvalue weighted by Gasteiger charge is 2.25. The molecule has 5 nitrogen and oxygen atoms in total. The van der Waals surface area contributed by atoms with E-state index < -0.39 is 10.0 Å². The third-order valence-corrected chi connectivity index (χ3v) is 5.12. The van der Waals surface area contributed by atoms with Crippen LogP contribution in [0, 0.1) is 5.92 Å². The molecule has 0 aliphatic rings. The van der Waals surface area contributed by atoms with Crippen LogP contribution >= 0.6 is 0 Å². The van der Waals surface area contributed by atoms with Gasteiger partial charge in [-0.15, -0.1) is 0 Å². The van der Waals surface area contributed by atoms with Crippen LogP contribution in [0.25, 0.3) is 0 Å². The number of nitrogens with one attached hydrogen (secondary N) is 1. The number of pyridine rings is 1. The molecule has 0 radical (unpaired) electrons. The molecule has 1 N–H and O–H groups in total. The van der Waals surface area contributed by atoms with E-state index in [0.717, 1.165) is 12.8 Å². The predicted octanol–water partition coefficient (Wildman–Crippen LogP) is 2.57. The lowest BCUT2D eigenvalue weighted by atomic mass is 10.1.